The number of hydrogen-bond acceptors (Lipinski definition) is 4. The molecule has 0 N–H and O–H groups in total. The van der Waals surface area contributed by atoms with E-state index in [4.69, 9.17) is 19.5 Å². The van der Waals surface area contributed by atoms with Crippen molar-refractivity contribution in [3.63, 3.8) is 0 Å². The van der Waals surface area contributed by atoms with Gasteiger partial charge in [0.1, 0.15) is 0 Å². The Kier molecular flexibility index (Phi) is 32.5. The van der Waals surface area contributed by atoms with Crippen LogP contribution in [0.25, 0.3) is 12.2 Å². The van der Waals surface area contributed by atoms with Gasteiger partial charge in [0.2, 0.25) is 5.75 Å². The summed E-state index contributed by atoms with van der Waals surface area (Å²) < 4.78 is 19.7. The Morgan fingerprint density at radius 1 is 0.404 bits per heavy atom. The van der Waals surface area contributed by atoms with Crippen LogP contribution in [-0.4, -0.2) is 19.8 Å². The molecule has 0 atom stereocenters. The Balaban J connectivity index is 2.06. The first-order chi connectivity index (χ1) is 28.2. The van der Waals surface area contributed by atoms with Gasteiger partial charge in [0.15, 0.2) is 11.5 Å². The minimum Gasteiger partial charge on any atom is -0.490 e. The van der Waals surface area contributed by atoms with Crippen molar-refractivity contribution in [2.75, 3.05) is 19.8 Å². The summed E-state index contributed by atoms with van der Waals surface area (Å²) in [5.74, 6) is 2.37. The molecule has 0 bridgehead atoms. The molecule has 0 saturated heterocycles. The second-order valence-corrected chi connectivity index (χ2v) is 16.4. The molecule has 2 aromatic carbocycles. The zero-order valence-electron chi connectivity index (χ0n) is 37.3. The van der Waals surface area contributed by atoms with E-state index in [0.717, 1.165) is 47.6 Å². The largest absolute Gasteiger partial charge is 0.490 e. The Morgan fingerprint density at radius 2 is 0.719 bits per heavy atom. The van der Waals surface area contributed by atoms with Gasteiger partial charge in [0, 0.05) is 0 Å². The topological polar surface area (TPSA) is 51.5 Å². The normalized spacial score (nSPS) is 11.5. The van der Waals surface area contributed by atoms with E-state index in [9.17, 15) is 0 Å². The number of nitrogens with zero attached hydrogens (tertiary/aromatic N) is 1. The average Bonchev–Trinajstić information content (AvgIpc) is 3.23. The maximum absolute atomic E-state index is 9.14. The molecule has 0 aromatic heterocycles. The Hall–Kier alpha value is -3.19. The van der Waals surface area contributed by atoms with E-state index in [1.807, 2.05) is 30.3 Å². The summed E-state index contributed by atoms with van der Waals surface area (Å²) >= 11 is 0. The van der Waals surface area contributed by atoms with Crippen molar-refractivity contribution < 1.29 is 14.2 Å². The van der Waals surface area contributed by atoms with Crippen molar-refractivity contribution in [1.82, 2.24) is 0 Å². The van der Waals surface area contributed by atoms with Crippen LogP contribution in [0.2, 0.25) is 0 Å². The number of rotatable bonds is 39. The fourth-order valence-electron chi connectivity index (χ4n) is 7.36. The van der Waals surface area contributed by atoms with Crippen molar-refractivity contribution in [2.45, 2.75) is 213 Å². The Labute approximate surface area is 352 Å². The van der Waals surface area contributed by atoms with E-state index in [1.165, 1.54) is 173 Å². The quantitative estimate of drug-likeness (QED) is 0.0500. The van der Waals surface area contributed by atoms with Gasteiger partial charge in [-0.15, -0.1) is 0 Å². The third kappa shape index (κ3) is 27.2. The third-order valence-corrected chi connectivity index (χ3v) is 11.0. The fraction of sp³-hybridized carbons (Fsp3) is 0.679. The fourth-order valence-corrected chi connectivity index (χ4v) is 7.36. The number of nitriles is 1. The Bertz CT molecular complexity index is 1260. The zero-order chi connectivity index (χ0) is 40.7. The number of allylic oxidation sites excluding steroid dienone is 2. The van der Waals surface area contributed by atoms with Crippen molar-refractivity contribution in [2.24, 2.45) is 0 Å². The highest BCUT2D eigenvalue weighted by atomic mass is 16.5. The lowest BCUT2D eigenvalue weighted by molar-refractivity contribution is 0.234. The second-order valence-electron chi connectivity index (χ2n) is 16.4. The van der Waals surface area contributed by atoms with Gasteiger partial charge in [-0.1, -0.05) is 231 Å². The van der Waals surface area contributed by atoms with Gasteiger partial charge in [-0.25, -0.2) is 0 Å². The van der Waals surface area contributed by atoms with Crippen molar-refractivity contribution in [3.8, 4) is 23.3 Å². The summed E-state index contributed by atoms with van der Waals surface area (Å²) in [5, 5.41) is 9.14. The summed E-state index contributed by atoms with van der Waals surface area (Å²) in [6, 6.07) is 14.1. The van der Waals surface area contributed by atoms with E-state index in [0.29, 0.717) is 25.4 Å². The molecule has 0 fully saturated rings. The maximum Gasteiger partial charge on any atom is 0.203 e. The summed E-state index contributed by atoms with van der Waals surface area (Å²) in [4.78, 5) is 0. The maximum atomic E-state index is 9.14. The molecule has 320 valence electrons. The van der Waals surface area contributed by atoms with Gasteiger partial charge in [-0.05, 0) is 54.7 Å². The molecule has 0 saturated carbocycles. The van der Waals surface area contributed by atoms with Crippen LogP contribution in [0.4, 0.5) is 0 Å². The minimum absolute atomic E-state index is 0.675. The molecule has 0 unspecified atom stereocenters. The molecule has 0 amide bonds. The molecular formula is C53H85NO3. The highest BCUT2D eigenvalue weighted by Gasteiger charge is 2.16. The van der Waals surface area contributed by atoms with E-state index in [1.54, 1.807) is 0 Å². The molecule has 0 spiro atoms. The summed E-state index contributed by atoms with van der Waals surface area (Å²) in [7, 11) is 0. The van der Waals surface area contributed by atoms with E-state index in [2.05, 4.69) is 57.2 Å². The first-order valence-electron chi connectivity index (χ1n) is 24.1. The molecule has 57 heavy (non-hydrogen) atoms. The molecule has 0 heterocycles. The molecule has 0 aliphatic heterocycles. The first-order valence-corrected chi connectivity index (χ1v) is 24.1. The Morgan fingerprint density at radius 3 is 1.07 bits per heavy atom. The smallest absolute Gasteiger partial charge is 0.203 e. The van der Waals surface area contributed by atoms with Gasteiger partial charge >= 0.3 is 0 Å². The molecule has 2 aromatic rings. The van der Waals surface area contributed by atoms with Crippen LogP contribution >= 0.6 is 0 Å². The van der Waals surface area contributed by atoms with Crippen LogP contribution in [0.15, 0.2) is 48.6 Å². The van der Waals surface area contributed by atoms with Crippen LogP contribution in [0.5, 0.6) is 17.2 Å². The van der Waals surface area contributed by atoms with Gasteiger partial charge in [-0.3, -0.25) is 0 Å². The lowest BCUT2D eigenvalue weighted by atomic mass is 10.1. The molecule has 4 heteroatoms. The molecule has 2 rings (SSSR count). The van der Waals surface area contributed by atoms with Crippen LogP contribution in [0.1, 0.15) is 230 Å². The number of benzene rings is 2. The molecule has 0 aliphatic carbocycles. The van der Waals surface area contributed by atoms with Crippen molar-refractivity contribution >= 4 is 12.2 Å². The van der Waals surface area contributed by atoms with Crippen LogP contribution in [0, 0.1) is 11.3 Å². The third-order valence-electron chi connectivity index (χ3n) is 11.0. The van der Waals surface area contributed by atoms with Crippen LogP contribution in [-0.2, 0) is 0 Å². The zero-order valence-corrected chi connectivity index (χ0v) is 37.3. The number of hydrogen-bond donors (Lipinski definition) is 0. The molecule has 4 nitrogen and oxygen atoms in total. The molecular weight excluding hydrogens is 699 g/mol. The molecule has 0 aliphatic rings. The summed E-state index contributed by atoms with van der Waals surface area (Å²) in [6.45, 7) is 8.92. The van der Waals surface area contributed by atoms with Crippen molar-refractivity contribution in [1.29, 1.82) is 5.26 Å². The minimum atomic E-state index is 0.675. The van der Waals surface area contributed by atoms with E-state index in [-0.39, 0.29) is 0 Å². The van der Waals surface area contributed by atoms with E-state index >= 15 is 0 Å². The van der Waals surface area contributed by atoms with Gasteiger partial charge in [0.25, 0.3) is 0 Å². The van der Waals surface area contributed by atoms with Crippen molar-refractivity contribution in [3.05, 3.63) is 65.2 Å². The first kappa shape index (κ1) is 50.0. The number of unbranched alkanes of at least 4 members (excludes halogenated alkanes) is 27. The molecule has 0 radical (unpaired) electrons. The predicted molar refractivity (Wildman–Crippen MR) is 248 cm³/mol. The summed E-state index contributed by atoms with van der Waals surface area (Å²) in [6.07, 6.45) is 47.5. The highest BCUT2D eigenvalue weighted by molar-refractivity contribution is 5.64. The van der Waals surface area contributed by atoms with Crippen LogP contribution < -0.4 is 14.2 Å². The van der Waals surface area contributed by atoms with Gasteiger partial charge in [-0.2, -0.15) is 5.26 Å². The average molecular weight is 784 g/mol. The monoisotopic (exact) mass is 784 g/mol. The lowest BCUT2D eigenvalue weighted by Gasteiger charge is -2.18. The van der Waals surface area contributed by atoms with Crippen LogP contribution in [0.3, 0.4) is 0 Å². The number of ether oxygens (including phenoxy) is 3. The standard InChI is InChI=1S/C53H85NO3/c1-4-7-10-13-16-19-22-25-28-33-42-55-51-45-50(37-32-31-36-48-38-40-49(47-54)41-39-48)46-52(56-43-34-29-26-23-20-17-14-11-8-5-2)53(51)57-44-35-30-27-24-21-18-15-12-9-6-3/h31-32,36-41,45-46H,4-30,33-35,42-44H2,1-3H3/b36-31+,37-32+. The van der Waals surface area contributed by atoms with E-state index < -0.39 is 0 Å². The SMILES string of the molecule is CCCCCCCCCCCCOc1cc(/C=C/C=C/c2ccc(C#N)cc2)cc(OCCCCCCCCCCCC)c1OCCCCCCCCCCCC. The predicted octanol–water partition coefficient (Wildman–Crippen LogP) is 17.2. The van der Waals surface area contributed by atoms with Gasteiger partial charge < -0.3 is 14.2 Å². The van der Waals surface area contributed by atoms with Gasteiger partial charge in [0.05, 0.1) is 31.5 Å². The lowest BCUT2D eigenvalue weighted by Crippen LogP contribution is -2.06. The summed E-state index contributed by atoms with van der Waals surface area (Å²) in [5.41, 5.74) is 2.78. The highest BCUT2D eigenvalue weighted by Crippen LogP contribution is 2.40. The second kappa shape index (κ2) is 37.1.